The van der Waals surface area contributed by atoms with Gasteiger partial charge in [-0.05, 0) is 0 Å². The summed E-state index contributed by atoms with van der Waals surface area (Å²) in [6.45, 7) is 4.23. The van der Waals surface area contributed by atoms with E-state index in [1.54, 1.807) is 0 Å². The third kappa shape index (κ3) is 1.13. The van der Waals surface area contributed by atoms with E-state index in [1.165, 1.54) is 0 Å². The second kappa shape index (κ2) is 2.57. The monoisotopic (exact) mass is 145 g/mol. The Labute approximate surface area is 58.4 Å². The fourth-order valence-corrected chi connectivity index (χ4v) is 0.781. The molecule has 0 aromatic carbocycles. The second-order valence-electron chi connectivity index (χ2n) is 2.17. The van der Waals surface area contributed by atoms with Crippen molar-refractivity contribution in [3.05, 3.63) is 18.9 Å². The molecule has 1 heterocycles. The maximum absolute atomic E-state index is 9.00. The van der Waals surface area contributed by atoms with Gasteiger partial charge in [-0.2, -0.15) is 0 Å². The van der Waals surface area contributed by atoms with Crippen molar-refractivity contribution in [2.75, 3.05) is 0 Å². The van der Waals surface area contributed by atoms with Crippen LogP contribution in [0.3, 0.4) is 0 Å². The van der Waals surface area contributed by atoms with Gasteiger partial charge >= 0.3 is 0 Å². The number of rotatable bonds is 1. The zero-order chi connectivity index (χ0) is 7.72. The van der Waals surface area contributed by atoms with Gasteiger partial charge in [0.25, 0.3) is 0 Å². The summed E-state index contributed by atoms with van der Waals surface area (Å²) >= 11 is 0. The molecule has 4 nitrogen and oxygen atoms in total. The van der Waals surface area contributed by atoms with Crippen molar-refractivity contribution >= 4 is 0 Å². The van der Waals surface area contributed by atoms with Gasteiger partial charge in [-0.15, -0.1) is 0 Å². The van der Waals surface area contributed by atoms with E-state index in [-0.39, 0.29) is 5.76 Å². The maximum atomic E-state index is 9.00. The van der Waals surface area contributed by atoms with Crippen LogP contribution in [-0.4, -0.2) is 33.6 Å². The lowest BCUT2D eigenvalue weighted by molar-refractivity contribution is 0.0230. The van der Waals surface area contributed by atoms with Crippen molar-refractivity contribution in [2.45, 2.75) is 18.3 Å². The molecule has 1 fully saturated rings. The molecular weight excluding hydrogens is 136 g/mol. The van der Waals surface area contributed by atoms with Gasteiger partial charge in [0.1, 0.15) is 30.7 Å². The van der Waals surface area contributed by atoms with Gasteiger partial charge in [0.2, 0.25) is 0 Å². The molecule has 1 saturated heterocycles. The summed E-state index contributed by atoms with van der Waals surface area (Å²) in [6.07, 6.45) is -3.01. The third-order valence-corrected chi connectivity index (χ3v) is 1.35. The van der Waals surface area contributed by atoms with Crippen molar-refractivity contribution in [3.63, 3.8) is 0 Å². The first-order valence-electron chi connectivity index (χ1n) is 2.85. The molecule has 0 unspecified atom stereocenters. The molecule has 10 heavy (non-hydrogen) atoms. The zero-order valence-corrected chi connectivity index (χ0v) is 5.27. The van der Waals surface area contributed by atoms with E-state index in [9.17, 15) is 0 Å². The molecule has 1 radical (unpaired) electrons. The number of hydrogen-bond acceptors (Lipinski definition) is 4. The van der Waals surface area contributed by atoms with E-state index >= 15 is 0 Å². The number of aliphatic hydroxyl groups excluding tert-OH is 3. The first-order chi connectivity index (χ1) is 4.63. The Morgan fingerprint density at radius 1 is 1.50 bits per heavy atom. The van der Waals surface area contributed by atoms with Gasteiger partial charge in [-0.1, -0.05) is 6.58 Å². The predicted octanol–water partition coefficient (Wildman–Crippen LogP) is -0.660. The van der Waals surface area contributed by atoms with Crippen LogP contribution in [0.2, 0.25) is 0 Å². The highest BCUT2D eigenvalue weighted by Crippen LogP contribution is 2.21. The van der Waals surface area contributed by atoms with Crippen LogP contribution >= 0.6 is 0 Å². The van der Waals surface area contributed by atoms with Crippen LogP contribution in [0.1, 0.15) is 0 Å². The first-order valence-corrected chi connectivity index (χ1v) is 2.85. The average molecular weight is 145 g/mol. The summed E-state index contributed by atoms with van der Waals surface area (Å²) < 4.78 is 4.66. The molecule has 0 amide bonds. The molecule has 57 valence electrons. The minimum Gasteiger partial charge on any atom is -0.510 e. The second-order valence-corrected chi connectivity index (χ2v) is 2.17. The molecule has 1 rings (SSSR count). The Bertz CT molecular complexity index is 145. The summed E-state index contributed by atoms with van der Waals surface area (Å²) in [6, 6.07) is 0. The van der Waals surface area contributed by atoms with Crippen molar-refractivity contribution in [3.8, 4) is 0 Å². The lowest BCUT2D eigenvalue weighted by atomic mass is 10.1. The lowest BCUT2D eigenvalue weighted by Crippen LogP contribution is -2.30. The zero-order valence-electron chi connectivity index (χ0n) is 5.27. The molecule has 1 aliphatic rings. The van der Waals surface area contributed by atoms with Crippen molar-refractivity contribution in [1.82, 2.24) is 0 Å². The molecule has 1 aliphatic heterocycles. The minimum absolute atomic E-state index is 0.277. The average Bonchev–Trinajstić information content (AvgIpc) is 2.14. The van der Waals surface area contributed by atoms with E-state index < -0.39 is 18.3 Å². The van der Waals surface area contributed by atoms with Crippen LogP contribution < -0.4 is 0 Å². The van der Waals surface area contributed by atoms with Crippen molar-refractivity contribution in [1.29, 1.82) is 0 Å². The van der Waals surface area contributed by atoms with Gasteiger partial charge in [0, 0.05) is 0 Å². The molecule has 0 aromatic heterocycles. The van der Waals surface area contributed by atoms with Gasteiger partial charge in [0.05, 0.1) is 0 Å². The minimum atomic E-state index is -1.10. The maximum Gasteiger partial charge on any atom is 0.143 e. The smallest absolute Gasteiger partial charge is 0.143 e. The molecule has 0 aliphatic carbocycles. The Balaban J connectivity index is 2.57. The van der Waals surface area contributed by atoms with E-state index in [0.717, 1.165) is 6.61 Å². The van der Waals surface area contributed by atoms with Crippen LogP contribution in [0.5, 0.6) is 0 Å². The molecule has 3 atom stereocenters. The highest BCUT2D eigenvalue weighted by atomic mass is 16.5. The number of aliphatic hydroxyl groups is 3. The van der Waals surface area contributed by atoms with E-state index in [4.69, 9.17) is 15.3 Å². The molecule has 4 heteroatoms. The van der Waals surface area contributed by atoms with E-state index in [2.05, 4.69) is 11.3 Å². The summed E-state index contributed by atoms with van der Waals surface area (Å²) in [7, 11) is 0. The Morgan fingerprint density at radius 2 is 2.10 bits per heavy atom. The van der Waals surface area contributed by atoms with Crippen molar-refractivity contribution < 1.29 is 20.1 Å². The highest BCUT2D eigenvalue weighted by Gasteiger charge is 2.36. The van der Waals surface area contributed by atoms with E-state index in [1.807, 2.05) is 0 Å². The molecular formula is C6H9O4. The largest absolute Gasteiger partial charge is 0.510 e. The first kappa shape index (κ1) is 7.53. The van der Waals surface area contributed by atoms with Crippen LogP contribution in [0.15, 0.2) is 12.3 Å². The topological polar surface area (TPSA) is 69.9 Å². The fraction of sp³-hybridized carbons (Fsp3) is 0.500. The predicted molar refractivity (Wildman–Crippen MR) is 33.0 cm³/mol. The molecule has 0 saturated carbocycles. The summed E-state index contributed by atoms with van der Waals surface area (Å²) in [5.41, 5.74) is 0. The SMILES string of the molecule is C=C(O)[C@H]1O[CH][C@H](O)[C@@H]1O. The lowest BCUT2D eigenvalue weighted by Gasteiger charge is -2.11. The normalized spacial score (nSPS) is 40.0. The molecule has 0 spiro atoms. The number of ether oxygens (including phenoxy) is 1. The molecule has 3 N–H and O–H groups in total. The van der Waals surface area contributed by atoms with Crippen molar-refractivity contribution in [2.24, 2.45) is 0 Å². The van der Waals surface area contributed by atoms with Gasteiger partial charge in [0.15, 0.2) is 0 Å². The van der Waals surface area contributed by atoms with Crippen LogP contribution in [0, 0.1) is 6.61 Å². The van der Waals surface area contributed by atoms with Crippen LogP contribution in [-0.2, 0) is 4.74 Å². The van der Waals surface area contributed by atoms with Crippen LogP contribution in [0.4, 0.5) is 0 Å². The fourth-order valence-electron chi connectivity index (χ4n) is 0.781. The van der Waals surface area contributed by atoms with Crippen LogP contribution in [0.25, 0.3) is 0 Å². The summed E-state index contributed by atoms with van der Waals surface area (Å²) in [4.78, 5) is 0. The number of hydrogen-bond donors (Lipinski definition) is 3. The van der Waals surface area contributed by atoms with E-state index in [0.29, 0.717) is 0 Å². The standard InChI is InChI=1S/C6H9O4/c1-3(7)6-5(9)4(8)2-10-6/h2,4-9H,1H2/t4-,5-,6+/m0/s1. The van der Waals surface area contributed by atoms with Gasteiger partial charge in [-0.3, -0.25) is 0 Å². The molecule has 0 bridgehead atoms. The Hall–Kier alpha value is -0.580. The van der Waals surface area contributed by atoms with Gasteiger partial charge < -0.3 is 20.1 Å². The Morgan fingerprint density at radius 3 is 2.30 bits per heavy atom. The summed E-state index contributed by atoms with van der Waals surface area (Å²) in [5, 5.41) is 26.6. The van der Waals surface area contributed by atoms with Gasteiger partial charge in [-0.25, -0.2) is 0 Å². The molecule has 0 aromatic rings. The third-order valence-electron chi connectivity index (χ3n) is 1.35. The summed E-state index contributed by atoms with van der Waals surface area (Å²) in [5.74, 6) is -0.277. The Kier molecular flexibility index (Phi) is 1.94. The quantitative estimate of drug-likeness (QED) is 0.428. The highest BCUT2D eigenvalue weighted by molar-refractivity contribution is 5.03.